The van der Waals surface area contributed by atoms with Crippen molar-refractivity contribution in [2.75, 3.05) is 12.1 Å². The number of methoxy groups -OCH3 is 1. The number of anilines is 1. The van der Waals surface area contributed by atoms with Gasteiger partial charge in [-0.25, -0.2) is 0 Å². The molecule has 1 aliphatic rings. The number of benzene rings is 3. The normalized spacial score (nSPS) is 16.0. The van der Waals surface area contributed by atoms with Crippen molar-refractivity contribution in [1.29, 1.82) is 0 Å². The number of hydrogen-bond donors (Lipinski definition) is 0. The van der Waals surface area contributed by atoms with E-state index in [1.165, 1.54) is 0 Å². The molecule has 3 aromatic carbocycles. The predicted molar refractivity (Wildman–Crippen MR) is 109 cm³/mol. The maximum absolute atomic E-state index is 11.6. The Morgan fingerprint density at radius 2 is 1.68 bits per heavy atom. The second-order valence-electron chi connectivity index (χ2n) is 6.49. The topological polar surface area (TPSA) is 68.0 Å². The average molecular weight is 373 g/mol. The maximum atomic E-state index is 11.6. The first-order valence-corrected chi connectivity index (χ1v) is 8.97. The Morgan fingerprint density at radius 1 is 1.00 bits per heavy atom. The number of hydrazone groups is 1. The van der Waals surface area contributed by atoms with Crippen molar-refractivity contribution in [2.24, 2.45) is 5.10 Å². The van der Waals surface area contributed by atoms with Crippen LogP contribution in [0.15, 0.2) is 84.0 Å². The largest absolute Gasteiger partial charge is 0.497 e. The van der Waals surface area contributed by atoms with Crippen LogP contribution in [0, 0.1) is 10.1 Å². The molecule has 0 saturated heterocycles. The molecule has 1 unspecified atom stereocenters. The molecule has 6 heteroatoms. The van der Waals surface area contributed by atoms with E-state index in [4.69, 9.17) is 9.84 Å². The van der Waals surface area contributed by atoms with Gasteiger partial charge in [0, 0.05) is 12.5 Å². The van der Waals surface area contributed by atoms with Gasteiger partial charge in [-0.1, -0.05) is 42.5 Å². The Hall–Kier alpha value is -3.67. The highest BCUT2D eigenvalue weighted by molar-refractivity contribution is 6.03. The molecule has 1 atom stereocenters. The number of hydrogen-bond acceptors (Lipinski definition) is 5. The number of nitro groups is 1. The van der Waals surface area contributed by atoms with Crippen LogP contribution in [-0.2, 0) is 0 Å². The average Bonchev–Trinajstić information content (AvgIpc) is 3.20. The van der Waals surface area contributed by atoms with Crippen LogP contribution in [0.25, 0.3) is 0 Å². The molecule has 4 rings (SSSR count). The van der Waals surface area contributed by atoms with Crippen molar-refractivity contribution in [3.63, 3.8) is 0 Å². The zero-order chi connectivity index (χ0) is 19.5. The molecule has 0 amide bonds. The van der Waals surface area contributed by atoms with E-state index in [0.29, 0.717) is 12.0 Å². The van der Waals surface area contributed by atoms with Gasteiger partial charge in [0.2, 0.25) is 0 Å². The van der Waals surface area contributed by atoms with Gasteiger partial charge >= 0.3 is 0 Å². The fourth-order valence-electron chi connectivity index (χ4n) is 3.47. The van der Waals surface area contributed by atoms with Crippen LogP contribution < -0.4 is 9.75 Å². The van der Waals surface area contributed by atoms with Crippen molar-refractivity contribution in [3.05, 3.63) is 100 Å². The number of nitrogens with zero attached hydrogens (tertiary/aromatic N) is 3. The van der Waals surface area contributed by atoms with E-state index in [9.17, 15) is 10.1 Å². The van der Waals surface area contributed by atoms with E-state index >= 15 is 0 Å². The van der Waals surface area contributed by atoms with Crippen LogP contribution in [0.2, 0.25) is 0 Å². The van der Waals surface area contributed by atoms with Gasteiger partial charge in [-0.2, -0.15) is 5.10 Å². The molecular weight excluding hydrogens is 354 g/mol. The summed E-state index contributed by atoms with van der Waals surface area (Å²) in [6, 6.07) is 24.1. The van der Waals surface area contributed by atoms with Crippen LogP contribution in [0.5, 0.6) is 5.75 Å². The molecule has 0 aromatic heterocycles. The minimum Gasteiger partial charge on any atom is -0.497 e. The number of ether oxygens (including phenoxy) is 1. The number of rotatable bonds is 5. The highest BCUT2D eigenvalue weighted by Gasteiger charge is 2.34. The van der Waals surface area contributed by atoms with Gasteiger partial charge < -0.3 is 4.74 Å². The monoisotopic (exact) mass is 373 g/mol. The van der Waals surface area contributed by atoms with Gasteiger partial charge in [-0.15, -0.1) is 0 Å². The Morgan fingerprint density at radius 3 is 2.36 bits per heavy atom. The summed E-state index contributed by atoms with van der Waals surface area (Å²) < 4.78 is 5.24. The minimum atomic E-state index is -0.331. The van der Waals surface area contributed by atoms with Gasteiger partial charge in [0.15, 0.2) is 0 Å². The summed E-state index contributed by atoms with van der Waals surface area (Å²) in [5, 5.41) is 18.3. The lowest BCUT2D eigenvalue weighted by atomic mass is 9.97. The molecular formula is C22H19N3O3. The van der Waals surface area contributed by atoms with E-state index in [1.54, 1.807) is 19.2 Å². The first-order valence-electron chi connectivity index (χ1n) is 8.97. The predicted octanol–water partition coefficient (Wildman–Crippen LogP) is 4.96. The summed E-state index contributed by atoms with van der Waals surface area (Å²) in [4.78, 5) is 11.3. The first-order chi connectivity index (χ1) is 13.7. The molecule has 0 radical (unpaired) electrons. The molecule has 1 aliphatic heterocycles. The van der Waals surface area contributed by atoms with Crippen molar-refractivity contribution in [3.8, 4) is 5.75 Å². The third-order valence-electron chi connectivity index (χ3n) is 4.85. The van der Waals surface area contributed by atoms with Crippen molar-refractivity contribution >= 4 is 17.1 Å². The smallest absolute Gasteiger partial charge is 0.274 e. The van der Waals surface area contributed by atoms with E-state index in [2.05, 4.69) is 0 Å². The van der Waals surface area contributed by atoms with Crippen LogP contribution >= 0.6 is 0 Å². The van der Waals surface area contributed by atoms with Crippen LogP contribution in [0.3, 0.4) is 0 Å². The zero-order valence-electron chi connectivity index (χ0n) is 15.4. The van der Waals surface area contributed by atoms with Gasteiger partial charge in [0.1, 0.15) is 5.75 Å². The van der Waals surface area contributed by atoms with Crippen LogP contribution in [-0.4, -0.2) is 17.7 Å². The highest BCUT2D eigenvalue weighted by Crippen LogP contribution is 2.40. The minimum absolute atomic E-state index is 0.107. The van der Waals surface area contributed by atoms with E-state index in [1.807, 2.05) is 71.7 Å². The van der Waals surface area contributed by atoms with Gasteiger partial charge in [0.25, 0.3) is 5.69 Å². The van der Waals surface area contributed by atoms with E-state index in [-0.39, 0.29) is 16.7 Å². The molecule has 1 heterocycles. The van der Waals surface area contributed by atoms with Crippen molar-refractivity contribution in [1.82, 2.24) is 0 Å². The second kappa shape index (κ2) is 7.52. The Balaban J connectivity index is 1.79. The molecule has 0 spiro atoms. The second-order valence-corrected chi connectivity index (χ2v) is 6.49. The Labute approximate surface area is 162 Å². The summed E-state index contributed by atoms with van der Waals surface area (Å²) >= 11 is 0. The molecule has 28 heavy (non-hydrogen) atoms. The lowest BCUT2D eigenvalue weighted by molar-refractivity contribution is -0.385. The number of para-hydroxylation sites is 1. The maximum Gasteiger partial charge on any atom is 0.274 e. The molecule has 6 nitrogen and oxygen atoms in total. The molecule has 3 aromatic rings. The molecule has 140 valence electrons. The third kappa shape index (κ3) is 3.32. The Bertz CT molecular complexity index is 1020. The summed E-state index contributed by atoms with van der Waals surface area (Å²) in [6.45, 7) is 0. The SMILES string of the molecule is COc1ccc(N2N=C(c3ccccc3)CC2c2ccccc2[N+](=O)[O-])cc1. The summed E-state index contributed by atoms with van der Waals surface area (Å²) in [5.41, 5.74) is 3.53. The molecule has 0 N–H and O–H groups in total. The van der Waals surface area contributed by atoms with Gasteiger partial charge in [-0.3, -0.25) is 15.1 Å². The summed E-state index contributed by atoms with van der Waals surface area (Å²) in [7, 11) is 1.62. The third-order valence-corrected chi connectivity index (χ3v) is 4.85. The lowest BCUT2D eigenvalue weighted by Gasteiger charge is -2.24. The first kappa shape index (κ1) is 17.7. The fraction of sp³-hybridized carbons (Fsp3) is 0.136. The fourth-order valence-corrected chi connectivity index (χ4v) is 3.47. The zero-order valence-corrected chi connectivity index (χ0v) is 15.4. The standard InChI is InChI=1S/C22H19N3O3/c1-28-18-13-11-17(12-14-18)24-22(19-9-5-6-10-21(19)25(26)27)15-20(23-24)16-7-3-2-4-8-16/h2-14,22H,15H2,1H3. The number of nitro benzene ring substituents is 1. The van der Waals surface area contributed by atoms with Crippen molar-refractivity contribution < 1.29 is 9.66 Å². The van der Waals surface area contributed by atoms with Crippen LogP contribution in [0.1, 0.15) is 23.6 Å². The summed E-state index contributed by atoms with van der Waals surface area (Å²) in [6.07, 6.45) is 0.584. The van der Waals surface area contributed by atoms with E-state index < -0.39 is 0 Å². The van der Waals surface area contributed by atoms with Crippen LogP contribution in [0.4, 0.5) is 11.4 Å². The summed E-state index contributed by atoms with van der Waals surface area (Å²) in [5.74, 6) is 0.748. The quantitative estimate of drug-likeness (QED) is 0.468. The highest BCUT2D eigenvalue weighted by atomic mass is 16.6. The molecule has 0 bridgehead atoms. The lowest BCUT2D eigenvalue weighted by Crippen LogP contribution is -2.19. The van der Waals surface area contributed by atoms with Crippen molar-refractivity contribution in [2.45, 2.75) is 12.5 Å². The molecule has 0 aliphatic carbocycles. The van der Waals surface area contributed by atoms with E-state index in [0.717, 1.165) is 22.7 Å². The molecule has 0 fully saturated rings. The van der Waals surface area contributed by atoms with Gasteiger partial charge in [-0.05, 0) is 35.9 Å². The molecule has 0 saturated carbocycles. The van der Waals surface area contributed by atoms with Gasteiger partial charge in [0.05, 0.1) is 35.0 Å². The Kier molecular flexibility index (Phi) is 4.76.